The van der Waals surface area contributed by atoms with Crippen LogP contribution < -0.4 is 14.8 Å². The molecule has 0 bridgehead atoms. The molecule has 1 N–H and O–H groups in total. The summed E-state index contributed by atoms with van der Waals surface area (Å²) in [6.45, 7) is 5.67. The van der Waals surface area contributed by atoms with E-state index in [0.717, 1.165) is 41.9 Å². The van der Waals surface area contributed by atoms with Crippen molar-refractivity contribution < 1.29 is 9.47 Å². The molecule has 0 atom stereocenters. The normalized spacial score (nSPS) is 10.4. The van der Waals surface area contributed by atoms with E-state index in [1.165, 1.54) is 0 Å². The van der Waals surface area contributed by atoms with Crippen molar-refractivity contribution in [2.45, 2.75) is 20.4 Å². The van der Waals surface area contributed by atoms with Gasteiger partial charge in [-0.3, -0.25) is 4.57 Å². The average Bonchev–Trinajstić information content (AvgIpc) is 2.89. The van der Waals surface area contributed by atoms with E-state index in [0.29, 0.717) is 0 Å². The molecule has 0 fully saturated rings. The van der Waals surface area contributed by atoms with Crippen molar-refractivity contribution in [3.8, 4) is 22.9 Å². The number of benzene rings is 1. The van der Waals surface area contributed by atoms with E-state index in [2.05, 4.69) is 22.4 Å². The molecule has 20 heavy (non-hydrogen) atoms. The molecule has 0 aliphatic heterocycles. The summed E-state index contributed by atoms with van der Waals surface area (Å²) in [7, 11) is 3.27. The van der Waals surface area contributed by atoms with Crippen molar-refractivity contribution in [2.75, 3.05) is 26.1 Å². The number of methoxy groups -OCH3 is 2. The van der Waals surface area contributed by atoms with Crippen LogP contribution in [0.25, 0.3) is 11.4 Å². The summed E-state index contributed by atoms with van der Waals surface area (Å²) in [5.41, 5.74) is 0.895. The minimum absolute atomic E-state index is 0.717. The predicted octanol–water partition coefficient (Wildman–Crippen LogP) is 2.41. The molecule has 0 saturated carbocycles. The molecule has 6 nitrogen and oxygen atoms in total. The quantitative estimate of drug-likeness (QED) is 0.878. The van der Waals surface area contributed by atoms with Gasteiger partial charge in [0.15, 0.2) is 5.82 Å². The molecule has 0 radical (unpaired) electrons. The fourth-order valence-corrected chi connectivity index (χ4v) is 2.07. The standard InChI is InChI=1S/C14H20N4O2/c1-5-15-14-17-16-13(18(14)6-2)11-8-7-10(19-3)9-12(11)20-4/h7-9H,5-6H2,1-4H3,(H,15,17). The number of hydrogen-bond acceptors (Lipinski definition) is 5. The van der Waals surface area contributed by atoms with Gasteiger partial charge in [-0.15, -0.1) is 10.2 Å². The van der Waals surface area contributed by atoms with Gasteiger partial charge in [0, 0.05) is 19.2 Å². The van der Waals surface area contributed by atoms with Crippen molar-refractivity contribution in [1.29, 1.82) is 0 Å². The van der Waals surface area contributed by atoms with E-state index >= 15 is 0 Å². The smallest absolute Gasteiger partial charge is 0.224 e. The molecule has 0 amide bonds. The summed E-state index contributed by atoms with van der Waals surface area (Å²) in [4.78, 5) is 0. The molecule has 1 aromatic carbocycles. The molecule has 108 valence electrons. The molecule has 0 unspecified atom stereocenters. The highest BCUT2D eigenvalue weighted by molar-refractivity contribution is 5.67. The van der Waals surface area contributed by atoms with Crippen molar-refractivity contribution in [3.05, 3.63) is 18.2 Å². The van der Waals surface area contributed by atoms with Crippen molar-refractivity contribution in [3.63, 3.8) is 0 Å². The lowest BCUT2D eigenvalue weighted by molar-refractivity contribution is 0.395. The second kappa shape index (κ2) is 6.27. The van der Waals surface area contributed by atoms with E-state index < -0.39 is 0 Å². The summed E-state index contributed by atoms with van der Waals surface area (Å²) in [6.07, 6.45) is 0. The first-order valence-corrected chi connectivity index (χ1v) is 6.64. The maximum Gasteiger partial charge on any atom is 0.224 e. The van der Waals surface area contributed by atoms with Crippen LogP contribution in [0.4, 0.5) is 5.95 Å². The number of rotatable bonds is 6. The zero-order valence-electron chi connectivity index (χ0n) is 12.3. The van der Waals surface area contributed by atoms with Gasteiger partial charge in [0.1, 0.15) is 11.5 Å². The minimum atomic E-state index is 0.717. The van der Waals surface area contributed by atoms with Crippen molar-refractivity contribution in [2.24, 2.45) is 0 Å². The third-order valence-electron chi connectivity index (χ3n) is 3.05. The maximum absolute atomic E-state index is 5.43. The SMILES string of the molecule is CCNc1nnc(-c2ccc(OC)cc2OC)n1CC. The van der Waals surface area contributed by atoms with Crippen LogP contribution in [0.5, 0.6) is 11.5 Å². The fourth-order valence-electron chi connectivity index (χ4n) is 2.07. The first-order chi connectivity index (χ1) is 9.74. The molecule has 1 aromatic heterocycles. The zero-order chi connectivity index (χ0) is 14.5. The highest BCUT2D eigenvalue weighted by Crippen LogP contribution is 2.33. The highest BCUT2D eigenvalue weighted by Gasteiger charge is 2.16. The lowest BCUT2D eigenvalue weighted by Crippen LogP contribution is -2.07. The van der Waals surface area contributed by atoms with Crippen LogP contribution in [0.1, 0.15) is 13.8 Å². The Morgan fingerprint density at radius 2 is 1.95 bits per heavy atom. The topological polar surface area (TPSA) is 61.2 Å². The van der Waals surface area contributed by atoms with Crippen LogP contribution >= 0.6 is 0 Å². The number of ether oxygens (including phenoxy) is 2. The zero-order valence-corrected chi connectivity index (χ0v) is 12.3. The second-order valence-corrected chi connectivity index (χ2v) is 4.19. The number of nitrogens with zero attached hydrogens (tertiary/aromatic N) is 3. The van der Waals surface area contributed by atoms with E-state index in [4.69, 9.17) is 9.47 Å². The van der Waals surface area contributed by atoms with Gasteiger partial charge >= 0.3 is 0 Å². The predicted molar refractivity (Wildman–Crippen MR) is 78.4 cm³/mol. The van der Waals surface area contributed by atoms with E-state index in [1.807, 2.05) is 29.7 Å². The summed E-state index contributed by atoms with van der Waals surface area (Å²) in [6, 6.07) is 5.67. The van der Waals surface area contributed by atoms with Gasteiger partial charge in [0.25, 0.3) is 0 Å². The van der Waals surface area contributed by atoms with Crippen LogP contribution in [-0.4, -0.2) is 35.5 Å². The Kier molecular flexibility index (Phi) is 4.45. The first kappa shape index (κ1) is 14.2. The van der Waals surface area contributed by atoms with Crippen LogP contribution in [0, 0.1) is 0 Å². The first-order valence-electron chi connectivity index (χ1n) is 6.64. The molecule has 0 saturated heterocycles. The molecule has 2 aromatic rings. The Labute approximate surface area is 118 Å². The third kappa shape index (κ3) is 2.54. The maximum atomic E-state index is 5.43. The monoisotopic (exact) mass is 276 g/mol. The van der Waals surface area contributed by atoms with Crippen molar-refractivity contribution in [1.82, 2.24) is 14.8 Å². The Morgan fingerprint density at radius 1 is 1.15 bits per heavy atom. The Balaban J connectivity index is 2.50. The number of aromatic nitrogens is 3. The summed E-state index contributed by atoms with van der Waals surface area (Å²) >= 11 is 0. The lowest BCUT2D eigenvalue weighted by Gasteiger charge is -2.12. The molecule has 6 heteroatoms. The van der Waals surface area contributed by atoms with Crippen LogP contribution in [-0.2, 0) is 6.54 Å². The molecule has 0 spiro atoms. The van der Waals surface area contributed by atoms with Crippen molar-refractivity contribution >= 4 is 5.95 Å². The van der Waals surface area contributed by atoms with Crippen LogP contribution in [0.3, 0.4) is 0 Å². The van der Waals surface area contributed by atoms with Gasteiger partial charge in [0.05, 0.1) is 19.8 Å². The molecule has 0 aliphatic carbocycles. The van der Waals surface area contributed by atoms with E-state index in [-0.39, 0.29) is 0 Å². The van der Waals surface area contributed by atoms with Gasteiger partial charge in [-0.25, -0.2) is 0 Å². The lowest BCUT2D eigenvalue weighted by atomic mass is 10.1. The second-order valence-electron chi connectivity index (χ2n) is 4.19. The Hall–Kier alpha value is -2.24. The van der Waals surface area contributed by atoms with E-state index in [1.54, 1.807) is 14.2 Å². The Morgan fingerprint density at radius 3 is 2.55 bits per heavy atom. The average molecular weight is 276 g/mol. The molecule has 0 aliphatic rings. The van der Waals surface area contributed by atoms with Gasteiger partial charge in [-0.05, 0) is 26.0 Å². The highest BCUT2D eigenvalue weighted by atomic mass is 16.5. The molecular weight excluding hydrogens is 256 g/mol. The fraction of sp³-hybridized carbons (Fsp3) is 0.429. The van der Waals surface area contributed by atoms with Crippen LogP contribution in [0.2, 0.25) is 0 Å². The largest absolute Gasteiger partial charge is 0.497 e. The minimum Gasteiger partial charge on any atom is -0.497 e. The summed E-state index contributed by atoms with van der Waals surface area (Å²) in [5, 5.41) is 11.7. The number of anilines is 1. The summed E-state index contributed by atoms with van der Waals surface area (Å²) < 4.78 is 12.7. The molecule has 1 heterocycles. The summed E-state index contributed by atoms with van der Waals surface area (Å²) in [5.74, 6) is 3.01. The van der Waals surface area contributed by atoms with Crippen LogP contribution in [0.15, 0.2) is 18.2 Å². The number of nitrogens with one attached hydrogen (secondary N) is 1. The van der Waals surface area contributed by atoms with Gasteiger partial charge < -0.3 is 14.8 Å². The Bertz CT molecular complexity index is 581. The molecule has 2 rings (SSSR count). The van der Waals surface area contributed by atoms with Gasteiger partial charge in [-0.2, -0.15) is 0 Å². The van der Waals surface area contributed by atoms with E-state index in [9.17, 15) is 0 Å². The van der Waals surface area contributed by atoms with Gasteiger partial charge in [0.2, 0.25) is 5.95 Å². The van der Waals surface area contributed by atoms with Gasteiger partial charge in [-0.1, -0.05) is 0 Å². The third-order valence-corrected chi connectivity index (χ3v) is 3.05. The molecular formula is C14H20N4O2. The number of hydrogen-bond donors (Lipinski definition) is 1.